The molecule has 3 atom stereocenters. The molecule has 0 aromatic heterocycles. The Morgan fingerprint density at radius 1 is 1.00 bits per heavy atom. The number of unbranched alkanes of at least 4 members (excludes halogenated alkanes) is 1. The summed E-state index contributed by atoms with van der Waals surface area (Å²) in [6.07, 6.45) is 19.6. The van der Waals surface area contributed by atoms with Gasteiger partial charge in [-0.3, -0.25) is 0 Å². The maximum Gasteiger partial charge on any atom is 0.0188 e. The van der Waals surface area contributed by atoms with Gasteiger partial charge in [0, 0.05) is 5.54 Å². The van der Waals surface area contributed by atoms with Crippen LogP contribution in [-0.4, -0.2) is 5.54 Å². The van der Waals surface area contributed by atoms with Crippen molar-refractivity contribution >= 4 is 0 Å². The van der Waals surface area contributed by atoms with E-state index in [1.807, 2.05) is 0 Å². The van der Waals surface area contributed by atoms with Gasteiger partial charge in [-0.2, -0.15) is 0 Å². The molecule has 2 saturated carbocycles. The zero-order valence-corrected chi connectivity index (χ0v) is 14.7. The van der Waals surface area contributed by atoms with Gasteiger partial charge in [0.25, 0.3) is 0 Å². The zero-order chi connectivity index (χ0) is 15.1. The Balaban J connectivity index is 1.99. The van der Waals surface area contributed by atoms with Gasteiger partial charge >= 0.3 is 0 Å². The van der Waals surface area contributed by atoms with E-state index in [1.54, 1.807) is 0 Å². The van der Waals surface area contributed by atoms with Gasteiger partial charge in [0.1, 0.15) is 0 Å². The lowest BCUT2D eigenvalue weighted by Gasteiger charge is -2.48. The second-order valence-electron chi connectivity index (χ2n) is 8.10. The smallest absolute Gasteiger partial charge is 0.0188 e. The first-order chi connectivity index (χ1) is 10.2. The third-order valence-electron chi connectivity index (χ3n) is 6.58. The van der Waals surface area contributed by atoms with Crippen LogP contribution in [0.3, 0.4) is 0 Å². The Kier molecular flexibility index (Phi) is 7.05. The van der Waals surface area contributed by atoms with Crippen molar-refractivity contribution in [3.63, 3.8) is 0 Å². The standard InChI is InChI=1S/C20H39N/c1-3-5-11-17(4-2)16-20(21)15-10-9-14-19(20)18-12-7-6-8-13-18/h17-19H,3-16,21H2,1-2H3. The largest absolute Gasteiger partial charge is 0.325 e. The van der Waals surface area contributed by atoms with Crippen LogP contribution >= 0.6 is 0 Å². The molecule has 1 nitrogen and oxygen atoms in total. The fourth-order valence-corrected chi connectivity index (χ4v) is 5.27. The molecule has 2 aliphatic rings. The maximum absolute atomic E-state index is 7.08. The van der Waals surface area contributed by atoms with Gasteiger partial charge in [-0.25, -0.2) is 0 Å². The number of rotatable bonds is 7. The van der Waals surface area contributed by atoms with Crippen LogP contribution in [0.15, 0.2) is 0 Å². The number of hydrogen-bond acceptors (Lipinski definition) is 1. The van der Waals surface area contributed by atoms with Crippen LogP contribution in [0.4, 0.5) is 0 Å². The fraction of sp³-hybridized carbons (Fsp3) is 1.00. The second kappa shape index (κ2) is 8.56. The van der Waals surface area contributed by atoms with Crippen molar-refractivity contribution in [1.29, 1.82) is 0 Å². The van der Waals surface area contributed by atoms with E-state index in [2.05, 4.69) is 13.8 Å². The summed E-state index contributed by atoms with van der Waals surface area (Å²) < 4.78 is 0. The van der Waals surface area contributed by atoms with Crippen LogP contribution in [0, 0.1) is 17.8 Å². The van der Waals surface area contributed by atoms with Crippen molar-refractivity contribution < 1.29 is 0 Å². The molecule has 1 heteroatoms. The Morgan fingerprint density at radius 2 is 1.71 bits per heavy atom. The third-order valence-corrected chi connectivity index (χ3v) is 6.58. The van der Waals surface area contributed by atoms with Gasteiger partial charge in [0.2, 0.25) is 0 Å². The van der Waals surface area contributed by atoms with Crippen molar-refractivity contribution in [2.75, 3.05) is 0 Å². The van der Waals surface area contributed by atoms with Crippen LogP contribution in [0.5, 0.6) is 0 Å². The first kappa shape index (κ1) is 17.3. The Morgan fingerprint density at radius 3 is 2.38 bits per heavy atom. The predicted molar refractivity (Wildman–Crippen MR) is 93.4 cm³/mol. The van der Waals surface area contributed by atoms with Gasteiger partial charge in [0.05, 0.1) is 0 Å². The molecule has 0 amide bonds. The molecule has 124 valence electrons. The minimum atomic E-state index is 0.175. The summed E-state index contributed by atoms with van der Waals surface area (Å²) in [6.45, 7) is 4.69. The number of hydrogen-bond donors (Lipinski definition) is 1. The Hall–Kier alpha value is -0.0400. The minimum absolute atomic E-state index is 0.175. The Labute approximate surface area is 133 Å². The molecule has 3 unspecified atom stereocenters. The Bertz CT molecular complexity index is 282. The van der Waals surface area contributed by atoms with Crippen molar-refractivity contribution in [2.24, 2.45) is 23.5 Å². The van der Waals surface area contributed by atoms with E-state index < -0.39 is 0 Å². The highest BCUT2D eigenvalue weighted by molar-refractivity contribution is 4.98. The summed E-state index contributed by atoms with van der Waals surface area (Å²) >= 11 is 0. The first-order valence-electron chi connectivity index (χ1n) is 9.98. The van der Waals surface area contributed by atoms with Crippen LogP contribution in [-0.2, 0) is 0 Å². The van der Waals surface area contributed by atoms with E-state index in [0.29, 0.717) is 0 Å². The quantitative estimate of drug-likeness (QED) is 0.606. The molecule has 0 saturated heterocycles. The molecular formula is C20H39N. The molecule has 2 aliphatic carbocycles. The van der Waals surface area contributed by atoms with Crippen molar-refractivity contribution in [3.05, 3.63) is 0 Å². The summed E-state index contributed by atoms with van der Waals surface area (Å²) in [4.78, 5) is 0. The van der Waals surface area contributed by atoms with E-state index >= 15 is 0 Å². The molecule has 2 rings (SSSR count). The molecule has 0 heterocycles. The predicted octanol–water partition coefficient (Wildman–Crippen LogP) is 6.06. The van der Waals surface area contributed by atoms with E-state index in [-0.39, 0.29) is 5.54 Å². The van der Waals surface area contributed by atoms with E-state index in [1.165, 1.54) is 89.9 Å². The lowest BCUT2D eigenvalue weighted by molar-refractivity contribution is 0.0772. The minimum Gasteiger partial charge on any atom is -0.325 e. The summed E-state index contributed by atoms with van der Waals surface area (Å²) in [7, 11) is 0. The highest BCUT2D eigenvalue weighted by atomic mass is 14.8. The molecular weight excluding hydrogens is 254 g/mol. The highest BCUT2D eigenvalue weighted by Crippen LogP contribution is 2.45. The van der Waals surface area contributed by atoms with Crippen LogP contribution in [0.1, 0.15) is 104 Å². The second-order valence-corrected chi connectivity index (χ2v) is 8.10. The molecule has 21 heavy (non-hydrogen) atoms. The molecule has 0 spiro atoms. The molecule has 0 aliphatic heterocycles. The normalized spacial score (nSPS) is 33.0. The summed E-state index contributed by atoms with van der Waals surface area (Å²) in [5.41, 5.74) is 7.26. The van der Waals surface area contributed by atoms with Gasteiger partial charge in [-0.1, -0.05) is 84.5 Å². The van der Waals surface area contributed by atoms with Crippen LogP contribution in [0.25, 0.3) is 0 Å². The van der Waals surface area contributed by atoms with E-state index in [0.717, 1.165) is 17.8 Å². The average Bonchev–Trinajstić information content (AvgIpc) is 2.52. The lowest BCUT2D eigenvalue weighted by Crippen LogP contribution is -2.53. The van der Waals surface area contributed by atoms with Gasteiger partial charge in [-0.15, -0.1) is 0 Å². The third kappa shape index (κ3) is 4.71. The van der Waals surface area contributed by atoms with E-state index in [9.17, 15) is 0 Å². The summed E-state index contributed by atoms with van der Waals surface area (Å²) in [5.74, 6) is 2.66. The molecule has 0 radical (unpaired) electrons. The lowest BCUT2D eigenvalue weighted by atomic mass is 9.61. The summed E-state index contributed by atoms with van der Waals surface area (Å²) in [6, 6.07) is 0. The van der Waals surface area contributed by atoms with Gasteiger partial charge in [0.15, 0.2) is 0 Å². The van der Waals surface area contributed by atoms with Crippen LogP contribution in [0.2, 0.25) is 0 Å². The number of nitrogens with two attached hydrogens (primary N) is 1. The molecule has 0 bridgehead atoms. The van der Waals surface area contributed by atoms with Crippen molar-refractivity contribution in [2.45, 2.75) is 109 Å². The average molecular weight is 294 g/mol. The van der Waals surface area contributed by atoms with Crippen molar-refractivity contribution in [1.82, 2.24) is 0 Å². The van der Waals surface area contributed by atoms with Crippen molar-refractivity contribution in [3.8, 4) is 0 Å². The fourth-order valence-electron chi connectivity index (χ4n) is 5.27. The van der Waals surface area contributed by atoms with Gasteiger partial charge < -0.3 is 5.73 Å². The van der Waals surface area contributed by atoms with E-state index in [4.69, 9.17) is 5.73 Å². The molecule has 0 aromatic rings. The topological polar surface area (TPSA) is 26.0 Å². The first-order valence-corrected chi connectivity index (χ1v) is 9.98. The zero-order valence-electron chi connectivity index (χ0n) is 14.7. The van der Waals surface area contributed by atoms with Crippen LogP contribution < -0.4 is 5.73 Å². The highest BCUT2D eigenvalue weighted by Gasteiger charge is 2.42. The van der Waals surface area contributed by atoms with Gasteiger partial charge in [-0.05, 0) is 37.0 Å². The monoisotopic (exact) mass is 293 g/mol. The summed E-state index contributed by atoms with van der Waals surface area (Å²) in [5, 5.41) is 0. The molecule has 2 N–H and O–H groups in total. The molecule has 0 aromatic carbocycles. The molecule has 2 fully saturated rings. The maximum atomic E-state index is 7.08. The SMILES string of the molecule is CCCCC(CC)CC1(N)CCCCC1C1CCCCC1.